The molecule has 4 rings (SSSR count). The summed E-state index contributed by atoms with van der Waals surface area (Å²) in [6.45, 7) is 0. The Morgan fingerprint density at radius 3 is 2.83 bits per heavy atom. The van der Waals surface area contributed by atoms with E-state index in [-0.39, 0.29) is 24.4 Å². The standard InChI is InChI=1S/C22H24N4O3.ClH/c1-28-17-8-5-14(6-9-17)22-25-21(29-26-22)12-11-20(27)24-19-4-2-3-15-13-16(23)7-10-18(15)19;/h5-10,13,19H,2-4,11-12,23H2,1H3,(H,24,27);1H. The molecule has 0 spiro atoms. The summed E-state index contributed by atoms with van der Waals surface area (Å²) in [4.78, 5) is 16.9. The molecule has 1 aromatic heterocycles. The van der Waals surface area contributed by atoms with Crippen LogP contribution in [0.25, 0.3) is 11.4 Å². The van der Waals surface area contributed by atoms with Crippen molar-refractivity contribution in [3.8, 4) is 17.1 Å². The first-order valence-electron chi connectivity index (χ1n) is 9.77. The van der Waals surface area contributed by atoms with Crippen LogP contribution in [0.1, 0.15) is 42.3 Å². The van der Waals surface area contributed by atoms with E-state index >= 15 is 0 Å². The van der Waals surface area contributed by atoms with Gasteiger partial charge in [-0.1, -0.05) is 11.2 Å². The van der Waals surface area contributed by atoms with Gasteiger partial charge in [-0.25, -0.2) is 0 Å². The predicted molar refractivity (Wildman–Crippen MR) is 117 cm³/mol. The highest BCUT2D eigenvalue weighted by atomic mass is 35.5. The molecule has 2 aromatic carbocycles. The Labute approximate surface area is 181 Å². The molecule has 158 valence electrons. The molecule has 8 heteroatoms. The number of amides is 1. The van der Waals surface area contributed by atoms with Crippen LogP contribution < -0.4 is 15.8 Å². The van der Waals surface area contributed by atoms with Gasteiger partial charge in [0, 0.05) is 24.1 Å². The van der Waals surface area contributed by atoms with Gasteiger partial charge in [-0.15, -0.1) is 12.4 Å². The molecule has 1 atom stereocenters. The van der Waals surface area contributed by atoms with E-state index in [2.05, 4.69) is 15.5 Å². The Balaban J connectivity index is 0.00000256. The normalized spacial score (nSPS) is 15.0. The first-order chi connectivity index (χ1) is 14.1. The van der Waals surface area contributed by atoms with Gasteiger partial charge < -0.3 is 20.3 Å². The molecule has 30 heavy (non-hydrogen) atoms. The zero-order valence-corrected chi connectivity index (χ0v) is 17.6. The van der Waals surface area contributed by atoms with Gasteiger partial charge in [-0.3, -0.25) is 4.79 Å². The van der Waals surface area contributed by atoms with Crippen LogP contribution in [0.4, 0.5) is 5.69 Å². The van der Waals surface area contributed by atoms with Crippen LogP contribution in [0.3, 0.4) is 0 Å². The number of halogens is 1. The summed E-state index contributed by atoms with van der Waals surface area (Å²) in [5, 5.41) is 7.14. The highest BCUT2D eigenvalue weighted by Crippen LogP contribution is 2.31. The van der Waals surface area contributed by atoms with Crippen molar-refractivity contribution in [2.45, 2.75) is 38.1 Å². The third-order valence-electron chi connectivity index (χ3n) is 5.20. The SMILES string of the molecule is COc1ccc(-c2noc(CCC(=O)NC3CCCc4cc(N)ccc43)n2)cc1.Cl. The van der Waals surface area contributed by atoms with E-state index < -0.39 is 0 Å². The number of ether oxygens (including phenoxy) is 1. The van der Waals surface area contributed by atoms with Crippen molar-refractivity contribution in [1.82, 2.24) is 15.5 Å². The Morgan fingerprint density at radius 2 is 2.07 bits per heavy atom. The van der Waals surface area contributed by atoms with Gasteiger partial charge in [0.05, 0.1) is 13.2 Å². The first kappa shape index (κ1) is 21.6. The third kappa shape index (κ3) is 4.91. The summed E-state index contributed by atoms with van der Waals surface area (Å²) in [7, 11) is 1.62. The molecule has 3 N–H and O–H groups in total. The number of aromatic nitrogens is 2. The van der Waals surface area contributed by atoms with E-state index in [1.807, 2.05) is 42.5 Å². The number of hydrogen-bond donors (Lipinski definition) is 2. The van der Waals surface area contributed by atoms with Crippen molar-refractivity contribution in [1.29, 1.82) is 0 Å². The number of nitrogen functional groups attached to an aromatic ring is 1. The molecular formula is C22H25ClN4O3. The van der Waals surface area contributed by atoms with Crippen LogP contribution in [0.2, 0.25) is 0 Å². The molecule has 1 amide bonds. The van der Waals surface area contributed by atoms with Crippen molar-refractivity contribution >= 4 is 24.0 Å². The van der Waals surface area contributed by atoms with Gasteiger partial charge in [0.1, 0.15) is 5.75 Å². The second-order valence-electron chi connectivity index (χ2n) is 7.21. The number of aryl methyl sites for hydroxylation is 2. The molecule has 0 fully saturated rings. The average molecular weight is 429 g/mol. The second-order valence-corrected chi connectivity index (χ2v) is 7.21. The number of fused-ring (bicyclic) bond motifs is 1. The Morgan fingerprint density at radius 1 is 1.27 bits per heavy atom. The summed E-state index contributed by atoms with van der Waals surface area (Å²) in [6, 6.07) is 13.4. The third-order valence-corrected chi connectivity index (χ3v) is 5.20. The molecule has 1 unspecified atom stereocenters. The summed E-state index contributed by atoms with van der Waals surface area (Å²) in [6.07, 6.45) is 3.67. The molecule has 3 aromatic rings. The molecule has 0 bridgehead atoms. The van der Waals surface area contributed by atoms with Crippen molar-refractivity contribution < 1.29 is 14.1 Å². The zero-order valence-electron chi connectivity index (χ0n) is 16.8. The van der Waals surface area contributed by atoms with E-state index in [0.717, 1.165) is 36.3 Å². The van der Waals surface area contributed by atoms with Crippen molar-refractivity contribution in [3.05, 3.63) is 59.5 Å². The molecule has 7 nitrogen and oxygen atoms in total. The number of nitrogens with one attached hydrogen (secondary N) is 1. The highest BCUT2D eigenvalue weighted by molar-refractivity contribution is 5.85. The minimum Gasteiger partial charge on any atom is -0.497 e. The maximum Gasteiger partial charge on any atom is 0.227 e. The summed E-state index contributed by atoms with van der Waals surface area (Å²) in [5.74, 6) is 1.69. The molecule has 1 aliphatic rings. The van der Waals surface area contributed by atoms with Gasteiger partial charge in [-0.05, 0) is 66.8 Å². The molecule has 0 radical (unpaired) electrons. The Bertz CT molecular complexity index is 1000. The largest absolute Gasteiger partial charge is 0.497 e. The van der Waals surface area contributed by atoms with Gasteiger partial charge in [0.2, 0.25) is 17.6 Å². The lowest BCUT2D eigenvalue weighted by atomic mass is 9.87. The number of carbonyl (C=O) groups excluding carboxylic acids is 1. The molecule has 1 heterocycles. The predicted octanol–water partition coefficient (Wildman–Crippen LogP) is 3.88. The minimum absolute atomic E-state index is 0. The number of rotatable bonds is 6. The van der Waals surface area contributed by atoms with E-state index in [4.69, 9.17) is 15.0 Å². The molecule has 0 saturated carbocycles. The molecule has 1 aliphatic carbocycles. The van der Waals surface area contributed by atoms with Gasteiger partial charge in [0.15, 0.2) is 0 Å². The number of nitrogens with zero attached hydrogens (tertiary/aromatic N) is 2. The van der Waals surface area contributed by atoms with Crippen molar-refractivity contribution in [2.24, 2.45) is 0 Å². The van der Waals surface area contributed by atoms with E-state index in [9.17, 15) is 4.79 Å². The van der Waals surface area contributed by atoms with E-state index in [1.54, 1.807) is 7.11 Å². The number of carbonyl (C=O) groups is 1. The smallest absolute Gasteiger partial charge is 0.227 e. The van der Waals surface area contributed by atoms with Crippen LogP contribution in [-0.2, 0) is 17.6 Å². The van der Waals surface area contributed by atoms with E-state index in [1.165, 1.54) is 11.1 Å². The maximum atomic E-state index is 12.5. The maximum absolute atomic E-state index is 12.5. The van der Waals surface area contributed by atoms with Crippen molar-refractivity contribution in [3.63, 3.8) is 0 Å². The lowest BCUT2D eigenvalue weighted by molar-refractivity contribution is -0.122. The number of hydrogen-bond acceptors (Lipinski definition) is 6. The topological polar surface area (TPSA) is 103 Å². The number of nitrogens with two attached hydrogens (primary N) is 1. The molecular weight excluding hydrogens is 404 g/mol. The lowest BCUT2D eigenvalue weighted by Crippen LogP contribution is -2.31. The van der Waals surface area contributed by atoms with Crippen molar-refractivity contribution in [2.75, 3.05) is 12.8 Å². The first-order valence-corrected chi connectivity index (χ1v) is 9.77. The van der Waals surface area contributed by atoms with Crippen LogP contribution in [0, 0.1) is 0 Å². The number of benzene rings is 2. The number of methoxy groups -OCH3 is 1. The fourth-order valence-corrected chi connectivity index (χ4v) is 3.68. The van der Waals surface area contributed by atoms with Gasteiger partial charge in [0.25, 0.3) is 0 Å². The number of anilines is 1. The van der Waals surface area contributed by atoms with Crippen LogP contribution in [0.5, 0.6) is 5.75 Å². The Hall–Kier alpha value is -3.06. The average Bonchev–Trinajstić information content (AvgIpc) is 3.21. The second kappa shape index (κ2) is 9.63. The monoisotopic (exact) mass is 428 g/mol. The molecule has 0 saturated heterocycles. The quantitative estimate of drug-likeness (QED) is 0.577. The van der Waals surface area contributed by atoms with Crippen LogP contribution in [-0.4, -0.2) is 23.2 Å². The zero-order chi connectivity index (χ0) is 20.2. The van der Waals surface area contributed by atoms with Crippen LogP contribution >= 0.6 is 12.4 Å². The molecule has 0 aliphatic heterocycles. The van der Waals surface area contributed by atoms with E-state index in [0.29, 0.717) is 24.6 Å². The fourth-order valence-electron chi connectivity index (χ4n) is 3.68. The van der Waals surface area contributed by atoms with Gasteiger partial charge >= 0.3 is 0 Å². The lowest BCUT2D eigenvalue weighted by Gasteiger charge is -2.26. The van der Waals surface area contributed by atoms with Crippen LogP contribution in [0.15, 0.2) is 47.0 Å². The van der Waals surface area contributed by atoms with Gasteiger partial charge in [-0.2, -0.15) is 4.98 Å². The fraction of sp³-hybridized carbons (Fsp3) is 0.318. The Kier molecular flexibility index (Phi) is 6.95. The minimum atomic E-state index is -0.0242. The summed E-state index contributed by atoms with van der Waals surface area (Å²) in [5.41, 5.74) is 9.87. The summed E-state index contributed by atoms with van der Waals surface area (Å²) < 4.78 is 10.4. The summed E-state index contributed by atoms with van der Waals surface area (Å²) >= 11 is 0. The highest BCUT2D eigenvalue weighted by Gasteiger charge is 2.22.